The number of aromatic nitrogens is 3. The van der Waals surface area contributed by atoms with Crippen LogP contribution in [0, 0.1) is 0 Å². The van der Waals surface area contributed by atoms with E-state index in [1.165, 1.54) is 62.9 Å². The number of thiophene rings is 2. The number of rotatable bonds is 3. The van der Waals surface area contributed by atoms with Crippen molar-refractivity contribution in [1.29, 1.82) is 0 Å². The first-order valence-electron chi connectivity index (χ1n) is 16.4. The van der Waals surface area contributed by atoms with Crippen LogP contribution in [0.1, 0.15) is 0 Å². The quantitative estimate of drug-likeness (QED) is 0.189. The molecular formula is C44H25N3S2. The first kappa shape index (κ1) is 27.1. The summed E-state index contributed by atoms with van der Waals surface area (Å²) in [5.74, 6) is 0.689. The van der Waals surface area contributed by atoms with E-state index in [1.807, 2.05) is 11.3 Å². The summed E-state index contributed by atoms with van der Waals surface area (Å²) in [6, 6.07) is 54.4. The molecule has 5 heteroatoms. The van der Waals surface area contributed by atoms with Gasteiger partial charge >= 0.3 is 0 Å². The topological polar surface area (TPSA) is 30.7 Å². The molecule has 3 nitrogen and oxygen atoms in total. The van der Waals surface area contributed by atoms with E-state index in [0.717, 1.165) is 32.5 Å². The molecule has 0 N–H and O–H groups in total. The van der Waals surface area contributed by atoms with E-state index in [-0.39, 0.29) is 0 Å². The summed E-state index contributed by atoms with van der Waals surface area (Å²) in [5.41, 5.74) is 6.64. The highest BCUT2D eigenvalue weighted by Gasteiger charge is 2.24. The molecule has 0 amide bonds. The molecule has 11 aromatic rings. The number of para-hydroxylation sites is 1. The van der Waals surface area contributed by atoms with Crippen LogP contribution in [-0.4, -0.2) is 14.5 Å². The Hall–Kier alpha value is -5.88. The van der Waals surface area contributed by atoms with Crippen LogP contribution in [-0.2, 0) is 0 Å². The largest absolute Gasteiger partial charge is 0.277 e. The van der Waals surface area contributed by atoms with E-state index in [4.69, 9.17) is 9.97 Å². The van der Waals surface area contributed by atoms with Crippen LogP contribution in [0.25, 0.3) is 101 Å². The maximum Gasteiger partial charge on any atom is 0.236 e. The van der Waals surface area contributed by atoms with Crippen molar-refractivity contribution in [2.24, 2.45) is 0 Å². The Balaban J connectivity index is 1.31. The molecule has 7 aromatic carbocycles. The average molecular weight is 660 g/mol. The molecule has 0 fully saturated rings. The fourth-order valence-electron chi connectivity index (χ4n) is 7.72. The summed E-state index contributed by atoms with van der Waals surface area (Å²) in [6.45, 7) is 0. The van der Waals surface area contributed by atoms with Gasteiger partial charge in [0.05, 0.1) is 16.7 Å². The third-order valence-electron chi connectivity index (χ3n) is 9.82. The zero-order valence-electron chi connectivity index (χ0n) is 26.1. The summed E-state index contributed by atoms with van der Waals surface area (Å²) in [7, 11) is 0. The van der Waals surface area contributed by atoms with Crippen molar-refractivity contribution in [3.63, 3.8) is 0 Å². The van der Waals surface area contributed by atoms with Crippen LogP contribution < -0.4 is 0 Å². The molecule has 11 rings (SSSR count). The van der Waals surface area contributed by atoms with Gasteiger partial charge in [-0.1, -0.05) is 127 Å². The fraction of sp³-hybridized carbons (Fsp3) is 0. The van der Waals surface area contributed by atoms with Gasteiger partial charge in [-0.2, -0.15) is 0 Å². The van der Waals surface area contributed by atoms with Crippen LogP contribution >= 0.6 is 22.7 Å². The molecule has 0 bridgehead atoms. The monoisotopic (exact) mass is 659 g/mol. The van der Waals surface area contributed by atoms with E-state index in [1.54, 1.807) is 11.3 Å². The minimum absolute atomic E-state index is 0.689. The van der Waals surface area contributed by atoms with Crippen molar-refractivity contribution in [3.05, 3.63) is 152 Å². The summed E-state index contributed by atoms with van der Waals surface area (Å²) >= 11 is 3.62. The van der Waals surface area contributed by atoms with Gasteiger partial charge < -0.3 is 0 Å². The molecule has 0 aliphatic heterocycles. The van der Waals surface area contributed by atoms with Crippen LogP contribution in [0.15, 0.2) is 152 Å². The second-order valence-electron chi connectivity index (χ2n) is 12.5. The molecule has 0 aliphatic carbocycles. The number of nitrogens with zero attached hydrogens (tertiary/aromatic N) is 3. The number of fused-ring (bicyclic) bond motifs is 13. The van der Waals surface area contributed by atoms with Crippen molar-refractivity contribution in [3.8, 4) is 28.3 Å². The molecule has 0 saturated carbocycles. The van der Waals surface area contributed by atoms with Gasteiger partial charge in [0.1, 0.15) is 4.83 Å². The van der Waals surface area contributed by atoms with E-state index < -0.39 is 0 Å². The standard InChI is InChI=1S/C44H25N3S2/c1-2-13-26(14-3-1)27-15-12-16-28(25-27)40-39-33-21-8-11-24-36(33)49-43(39)46-44(45-40)47-34-22-9-6-19-31(34)37-38-32-20-7-10-23-35(32)48-42(38)30-18-5-4-17-29(30)41(37)47/h1-25H. The first-order chi connectivity index (χ1) is 24.3. The first-order valence-corrected chi connectivity index (χ1v) is 18.1. The van der Waals surface area contributed by atoms with E-state index in [9.17, 15) is 0 Å². The smallest absolute Gasteiger partial charge is 0.236 e. The highest BCUT2D eigenvalue weighted by Crippen LogP contribution is 2.48. The van der Waals surface area contributed by atoms with E-state index in [2.05, 4.69) is 156 Å². The Labute approximate surface area is 289 Å². The predicted octanol–water partition coefficient (Wildman–Crippen LogP) is 12.8. The van der Waals surface area contributed by atoms with Crippen LogP contribution in [0.2, 0.25) is 0 Å². The number of hydrogen-bond donors (Lipinski definition) is 0. The third kappa shape index (κ3) is 3.88. The molecule has 49 heavy (non-hydrogen) atoms. The second kappa shape index (κ2) is 10.3. The SMILES string of the molecule is c1ccc(-c2cccc(-c3nc(-n4c5ccccc5c5c6c7ccccc7sc6c6ccccc6c54)nc4sc5ccccc5c34)c2)cc1. The molecule has 0 unspecified atom stereocenters. The Kier molecular flexibility index (Phi) is 5.70. The molecule has 0 radical (unpaired) electrons. The minimum atomic E-state index is 0.689. The lowest BCUT2D eigenvalue weighted by Crippen LogP contribution is -2.03. The average Bonchev–Trinajstić information content (AvgIpc) is 3.85. The third-order valence-corrected chi connectivity index (χ3v) is 12.1. The van der Waals surface area contributed by atoms with Gasteiger partial charge in [-0.25, -0.2) is 9.97 Å². The second-order valence-corrected chi connectivity index (χ2v) is 14.6. The summed E-state index contributed by atoms with van der Waals surface area (Å²) < 4.78 is 6.17. The predicted molar refractivity (Wildman–Crippen MR) is 211 cm³/mol. The zero-order valence-corrected chi connectivity index (χ0v) is 27.7. The van der Waals surface area contributed by atoms with Crippen molar-refractivity contribution in [1.82, 2.24) is 14.5 Å². The minimum Gasteiger partial charge on any atom is -0.277 e. The Bertz CT molecular complexity index is 3110. The lowest BCUT2D eigenvalue weighted by Gasteiger charge is -2.12. The van der Waals surface area contributed by atoms with E-state index >= 15 is 0 Å². The lowest BCUT2D eigenvalue weighted by molar-refractivity contribution is 1.02. The Morgan fingerprint density at radius 1 is 0.429 bits per heavy atom. The van der Waals surface area contributed by atoms with Crippen LogP contribution in [0.5, 0.6) is 0 Å². The maximum atomic E-state index is 5.57. The van der Waals surface area contributed by atoms with Gasteiger partial charge in [0, 0.05) is 62.8 Å². The molecule has 0 saturated heterocycles. The molecule has 4 heterocycles. The molecule has 228 valence electrons. The molecule has 0 spiro atoms. The normalized spacial score (nSPS) is 12.1. The lowest BCUT2D eigenvalue weighted by atomic mass is 9.99. The van der Waals surface area contributed by atoms with Gasteiger partial charge in [0.15, 0.2) is 0 Å². The van der Waals surface area contributed by atoms with Crippen molar-refractivity contribution in [2.75, 3.05) is 0 Å². The highest BCUT2D eigenvalue weighted by atomic mass is 32.1. The van der Waals surface area contributed by atoms with Gasteiger partial charge in [-0.3, -0.25) is 4.57 Å². The van der Waals surface area contributed by atoms with Gasteiger partial charge in [-0.05, 0) is 35.4 Å². The van der Waals surface area contributed by atoms with Crippen molar-refractivity contribution in [2.45, 2.75) is 0 Å². The molecule has 0 atom stereocenters. The summed E-state index contributed by atoms with van der Waals surface area (Å²) in [5, 5.41) is 9.83. The molecular weight excluding hydrogens is 635 g/mol. The zero-order chi connectivity index (χ0) is 32.1. The van der Waals surface area contributed by atoms with Gasteiger partial charge in [0.2, 0.25) is 5.95 Å². The number of benzene rings is 7. The van der Waals surface area contributed by atoms with Gasteiger partial charge in [-0.15, -0.1) is 22.7 Å². The highest BCUT2D eigenvalue weighted by molar-refractivity contribution is 7.27. The maximum absolute atomic E-state index is 5.57. The summed E-state index contributed by atoms with van der Waals surface area (Å²) in [4.78, 5) is 12.0. The summed E-state index contributed by atoms with van der Waals surface area (Å²) in [6.07, 6.45) is 0. The molecule has 0 aliphatic rings. The number of hydrogen-bond acceptors (Lipinski definition) is 4. The van der Waals surface area contributed by atoms with Crippen LogP contribution in [0.4, 0.5) is 0 Å². The van der Waals surface area contributed by atoms with E-state index in [0.29, 0.717) is 5.95 Å². The van der Waals surface area contributed by atoms with Crippen molar-refractivity contribution >= 4 is 95.7 Å². The Morgan fingerprint density at radius 3 is 1.86 bits per heavy atom. The Morgan fingerprint density at radius 2 is 1.04 bits per heavy atom. The van der Waals surface area contributed by atoms with Crippen molar-refractivity contribution < 1.29 is 0 Å². The van der Waals surface area contributed by atoms with Gasteiger partial charge in [0.25, 0.3) is 0 Å². The fourth-order valence-corrected chi connectivity index (χ4v) is 10.0. The van der Waals surface area contributed by atoms with Crippen LogP contribution in [0.3, 0.4) is 0 Å². The molecule has 4 aromatic heterocycles.